The van der Waals surface area contributed by atoms with E-state index in [1.165, 1.54) is 6.07 Å². The predicted octanol–water partition coefficient (Wildman–Crippen LogP) is 1.77. The Morgan fingerprint density at radius 1 is 1.39 bits per heavy atom. The second-order valence-corrected chi connectivity index (χ2v) is 5.71. The van der Waals surface area contributed by atoms with Crippen LogP contribution in [-0.2, 0) is 14.8 Å². The normalized spacial score (nSPS) is 11.3. The minimum atomic E-state index is -3.76. The van der Waals surface area contributed by atoms with Crippen LogP contribution in [0.4, 0.5) is 5.69 Å². The van der Waals surface area contributed by atoms with Crippen molar-refractivity contribution in [3.05, 3.63) is 23.8 Å². The number of sulfonamides is 1. The number of benzene rings is 1. The Kier molecular flexibility index (Phi) is 4.86. The van der Waals surface area contributed by atoms with E-state index in [1.807, 2.05) is 6.92 Å². The Hall–Kier alpha value is -1.40. The van der Waals surface area contributed by atoms with Crippen LogP contribution in [0.1, 0.15) is 31.7 Å². The molecule has 0 saturated heterocycles. The highest BCUT2D eigenvalue weighted by molar-refractivity contribution is 7.89. The molecule has 0 saturated carbocycles. The van der Waals surface area contributed by atoms with Gasteiger partial charge in [0.2, 0.25) is 15.9 Å². The maximum Gasteiger partial charge on any atom is 0.238 e. The largest absolute Gasteiger partial charge is 0.326 e. The Bertz CT molecular complexity index is 538. The van der Waals surface area contributed by atoms with Crippen LogP contribution >= 0.6 is 0 Å². The summed E-state index contributed by atoms with van der Waals surface area (Å²) in [6.07, 6.45) is 2.17. The first kappa shape index (κ1) is 14.7. The number of carbonyl (C=O) groups is 1. The van der Waals surface area contributed by atoms with Crippen LogP contribution in [0.25, 0.3) is 0 Å². The van der Waals surface area contributed by atoms with Crippen LogP contribution in [0.15, 0.2) is 23.1 Å². The van der Waals surface area contributed by atoms with Crippen molar-refractivity contribution in [1.29, 1.82) is 0 Å². The average molecular weight is 270 g/mol. The van der Waals surface area contributed by atoms with Crippen LogP contribution in [0.2, 0.25) is 0 Å². The molecule has 0 bridgehead atoms. The number of rotatable bonds is 5. The molecular formula is C12H18N2O3S. The number of hydrogen-bond acceptors (Lipinski definition) is 3. The molecule has 100 valence electrons. The van der Waals surface area contributed by atoms with E-state index in [4.69, 9.17) is 5.14 Å². The lowest BCUT2D eigenvalue weighted by Gasteiger charge is -2.08. The minimum Gasteiger partial charge on any atom is -0.326 e. The van der Waals surface area contributed by atoms with Gasteiger partial charge in [0.15, 0.2) is 0 Å². The molecule has 0 aliphatic rings. The van der Waals surface area contributed by atoms with Crippen LogP contribution < -0.4 is 10.5 Å². The van der Waals surface area contributed by atoms with Gasteiger partial charge in [0.05, 0.1) is 4.90 Å². The molecule has 6 heteroatoms. The summed E-state index contributed by atoms with van der Waals surface area (Å²) in [6.45, 7) is 3.65. The van der Waals surface area contributed by atoms with E-state index < -0.39 is 10.0 Å². The zero-order chi connectivity index (χ0) is 13.8. The fourth-order valence-electron chi connectivity index (χ4n) is 1.55. The summed E-state index contributed by atoms with van der Waals surface area (Å²) in [5.41, 5.74) is 1.01. The molecule has 3 N–H and O–H groups in total. The highest BCUT2D eigenvalue weighted by Gasteiger charge is 2.12. The van der Waals surface area contributed by atoms with Gasteiger partial charge in [-0.25, -0.2) is 13.6 Å². The van der Waals surface area contributed by atoms with Crippen molar-refractivity contribution in [2.45, 2.75) is 38.0 Å². The van der Waals surface area contributed by atoms with Gasteiger partial charge in [-0.15, -0.1) is 0 Å². The van der Waals surface area contributed by atoms with Crippen LogP contribution in [0.3, 0.4) is 0 Å². The standard InChI is InChI=1S/C12H18N2O3S/c1-3-4-5-12(15)14-10-7-6-9(2)11(8-10)18(13,16)17/h6-8H,3-5H2,1-2H3,(H,14,15)(H2,13,16,17). The first-order valence-electron chi connectivity index (χ1n) is 5.78. The van der Waals surface area contributed by atoms with E-state index >= 15 is 0 Å². The molecule has 0 aliphatic heterocycles. The van der Waals surface area contributed by atoms with Crippen LogP contribution in [-0.4, -0.2) is 14.3 Å². The molecule has 1 aromatic carbocycles. The molecule has 0 unspecified atom stereocenters. The molecule has 0 heterocycles. The Morgan fingerprint density at radius 2 is 2.06 bits per heavy atom. The van der Waals surface area contributed by atoms with Crippen molar-refractivity contribution >= 4 is 21.6 Å². The quantitative estimate of drug-likeness (QED) is 0.854. The third-order valence-corrected chi connectivity index (χ3v) is 3.59. The van der Waals surface area contributed by atoms with Gasteiger partial charge in [0, 0.05) is 12.1 Å². The molecule has 0 aliphatic carbocycles. The fraction of sp³-hybridized carbons (Fsp3) is 0.417. The number of aryl methyl sites for hydroxylation is 1. The second-order valence-electron chi connectivity index (χ2n) is 4.18. The summed E-state index contributed by atoms with van der Waals surface area (Å²) in [4.78, 5) is 11.6. The summed E-state index contributed by atoms with van der Waals surface area (Å²) >= 11 is 0. The van der Waals surface area contributed by atoms with E-state index in [9.17, 15) is 13.2 Å². The smallest absolute Gasteiger partial charge is 0.238 e. The summed E-state index contributed by atoms with van der Waals surface area (Å²) in [7, 11) is -3.76. The number of carbonyl (C=O) groups excluding carboxylic acids is 1. The molecule has 0 fully saturated rings. The van der Waals surface area contributed by atoms with Crippen molar-refractivity contribution in [3.8, 4) is 0 Å². The number of hydrogen-bond donors (Lipinski definition) is 2. The number of nitrogens with one attached hydrogen (secondary N) is 1. The number of nitrogens with two attached hydrogens (primary N) is 1. The maximum absolute atomic E-state index is 11.5. The number of unbranched alkanes of at least 4 members (excludes halogenated alkanes) is 1. The molecule has 0 aromatic heterocycles. The lowest BCUT2D eigenvalue weighted by atomic mass is 10.2. The van der Waals surface area contributed by atoms with E-state index in [1.54, 1.807) is 19.1 Å². The van der Waals surface area contributed by atoms with Gasteiger partial charge in [0.1, 0.15) is 0 Å². The highest BCUT2D eigenvalue weighted by atomic mass is 32.2. The Morgan fingerprint density at radius 3 is 2.61 bits per heavy atom. The molecule has 18 heavy (non-hydrogen) atoms. The van der Waals surface area contributed by atoms with Gasteiger partial charge in [0.25, 0.3) is 0 Å². The van der Waals surface area contributed by atoms with Gasteiger partial charge in [-0.3, -0.25) is 4.79 Å². The molecule has 0 spiro atoms. The molecule has 1 amide bonds. The van der Waals surface area contributed by atoms with Gasteiger partial charge in [-0.2, -0.15) is 0 Å². The third kappa shape index (κ3) is 4.12. The van der Waals surface area contributed by atoms with E-state index in [0.717, 1.165) is 12.8 Å². The van der Waals surface area contributed by atoms with E-state index in [0.29, 0.717) is 17.7 Å². The summed E-state index contributed by atoms with van der Waals surface area (Å²) in [5, 5.41) is 7.75. The monoisotopic (exact) mass is 270 g/mol. The highest BCUT2D eigenvalue weighted by Crippen LogP contribution is 2.19. The molecule has 0 atom stereocenters. The molecule has 5 nitrogen and oxygen atoms in total. The van der Waals surface area contributed by atoms with Crippen LogP contribution in [0.5, 0.6) is 0 Å². The predicted molar refractivity (Wildman–Crippen MR) is 70.7 cm³/mol. The summed E-state index contributed by atoms with van der Waals surface area (Å²) < 4.78 is 22.7. The molecular weight excluding hydrogens is 252 g/mol. The van der Waals surface area contributed by atoms with Crippen molar-refractivity contribution in [2.24, 2.45) is 5.14 Å². The second kappa shape index (κ2) is 5.97. The molecule has 0 radical (unpaired) electrons. The zero-order valence-corrected chi connectivity index (χ0v) is 11.4. The topological polar surface area (TPSA) is 89.3 Å². The first-order valence-corrected chi connectivity index (χ1v) is 7.32. The third-order valence-electron chi connectivity index (χ3n) is 2.54. The average Bonchev–Trinajstić information content (AvgIpc) is 2.27. The fourth-order valence-corrected chi connectivity index (χ4v) is 2.35. The number of amides is 1. The van der Waals surface area contributed by atoms with Crippen LogP contribution in [0, 0.1) is 6.92 Å². The number of primary sulfonamides is 1. The van der Waals surface area contributed by atoms with Gasteiger partial charge in [-0.1, -0.05) is 19.4 Å². The Labute approximate surface area is 107 Å². The van der Waals surface area contributed by atoms with Gasteiger partial charge < -0.3 is 5.32 Å². The number of anilines is 1. The zero-order valence-electron chi connectivity index (χ0n) is 10.6. The lowest BCUT2D eigenvalue weighted by molar-refractivity contribution is -0.116. The maximum atomic E-state index is 11.5. The van der Waals surface area contributed by atoms with Crippen molar-refractivity contribution < 1.29 is 13.2 Å². The van der Waals surface area contributed by atoms with Crippen molar-refractivity contribution in [1.82, 2.24) is 0 Å². The van der Waals surface area contributed by atoms with E-state index in [-0.39, 0.29) is 10.8 Å². The lowest BCUT2D eigenvalue weighted by Crippen LogP contribution is -2.15. The van der Waals surface area contributed by atoms with Gasteiger partial charge in [-0.05, 0) is 31.0 Å². The molecule has 1 aromatic rings. The minimum absolute atomic E-state index is 0.0378. The van der Waals surface area contributed by atoms with Crippen molar-refractivity contribution in [2.75, 3.05) is 5.32 Å². The summed E-state index contributed by atoms with van der Waals surface area (Å²) in [5.74, 6) is -0.124. The SMILES string of the molecule is CCCCC(=O)Nc1ccc(C)c(S(N)(=O)=O)c1. The van der Waals surface area contributed by atoms with E-state index in [2.05, 4.69) is 5.32 Å². The van der Waals surface area contributed by atoms with Crippen molar-refractivity contribution in [3.63, 3.8) is 0 Å². The molecule has 1 rings (SSSR count). The Balaban J connectivity index is 2.90. The summed E-state index contributed by atoms with van der Waals surface area (Å²) in [6, 6.07) is 4.66. The first-order chi connectivity index (χ1) is 8.34. The van der Waals surface area contributed by atoms with Gasteiger partial charge >= 0.3 is 0 Å².